The molecule has 0 radical (unpaired) electrons. The zero-order valence-electron chi connectivity index (χ0n) is 13.8. The molecule has 1 aromatic carbocycles. The molecule has 0 heterocycles. The summed E-state index contributed by atoms with van der Waals surface area (Å²) in [5.74, 6) is -0.246. The van der Waals surface area contributed by atoms with Gasteiger partial charge in [-0.15, -0.1) is 0 Å². The van der Waals surface area contributed by atoms with E-state index in [1.807, 2.05) is 58.2 Å². The average molecular weight is 305 g/mol. The highest BCUT2D eigenvalue weighted by Gasteiger charge is 2.24. The maximum Gasteiger partial charge on any atom is 0.242 e. The largest absolute Gasteiger partial charge is 0.353 e. The summed E-state index contributed by atoms with van der Waals surface area (Å²) in [4.78, 5) is 24.4. The average Bonchev–Trinajstić information content (AvgIpc) is 2.50. The molecule has 2 atom stereocenters. The molecule has 0 saturated carbocycles. The molecular formula is C17H27N3O2. The molecule has 2 unspecified atom stereocenters. The molecule has 0 aromatic heterocycles. The van der Waals surface area contributed by atoms with Gasteiger partial charge in [0.15, 0.2) is 0 Å². The summed E-state index contributed by atoms with van der Waals surface area (Å²) in [6.07, 6.45) is 0.282. The molecule has 122 valence electrons. The monoisotopic (exact) mass is 305 g/mol. The molecule has 0 saturated heterocycles. The number of hydrogen-bond acceptors (Lipinski definition) is 3. The number of rotatable bonds is 8. The molecule has 3 N–H and O–H groups in total. The van der Waals surface area contributed by atoms with Crippen LogP contribution in [0, 0.1) is 5.92 Å². The van der Waals surface area contributed by atoms with Gasteiger partial charge in [-0.2, -0.15) is 0 Å². The minimum atomic E-state index is -0.514. The fourth-order valence-electron chi connectivity index (χ4n) is 2.01. The molecule has 2 amide bonds. The van der Waals surface area contributed by atoms with Gasteiger partial charge in [0, 0.05) is 12.6 Å². The zero-order chi connectivity index (χ0) is 16.5. The van der Waals surface area contributed by atoms with E-state index < -0.39 is 6.04 Å². The van der Waals surface area contributed by atoms with Crippen LogP contribution in [0.4, 0.5) is 0 Å². The number of likely N-dealkylation sites (N-methyl/N-ethyl adjacent to an activating group) is 1. The summed E-state index contributed by atoms with van der Waals surface area (Å²) >= 11 is 0. The van der Waals surface area contributed by atoms with Crippen molar-refractivity contribution < 1.29 is 9.59 Å². The predicted octanol–water partition coefficient (Wildman–Crippen LogP) is 1.09. The first-order valence-electron chi connectivity index (χ1n) is 7.72. The maximum atomic E-state index is 12.2. The van der Waals surface area contributed by atoms with Crippen molar-refractivity contribution in [3.63, 3.8) is 0 Å². The van der Waals surface area contributed by atoms with Gasteiger partial charge in [-0.05, 0) is 25.5 Å². The van der Waals surface area contributed by atoms with Crippen LogP contribution in [0.1, 0.15) is 26.3 Å². The van der Waals surface area contributed by atoms with Crippen LogP contribution < -0.4 is 16.0 Å². The molecule has 0 aliphatic heterocycles. The van der Waals surface area contributed by atoms with Crippen LogP contribution >= 0.6 is 0 Å². The maximum absolute atomic E-state index is 12.2. The van der Waals surface area contributed by atoms with Crippen molar-refractivity contribution in [2.45, 2.75) is 39.3 Å². The quantitative estimate of drug-likeness (QED) is 0.673. The van der Waals surface area contributed by atoms with Gasteiger partial charge in [0.2, 0.25) is 11.8 Å². The first-order chi connectivity index (χ1) is 10.4. The van der Waals surface area contributed by atoms with Gasteiger partial charge >= 0.3 is 0 Å². The van der Waals surface area contributed by atoms with Crippen molar-refractivity contribution in [1.29, 1.82) is 0 Å². The number of amides is 2. The van der Waals surface area contributed by atoms with Crippen LogP contribution in [0.3, 0.4) is 0 Å². The van der Waals surface area contributed by atoms with Crippen LogP contribution in [0.5, 0.6) is 0 Å². The standard InChI is InChI=1S/C17H27N3O2/c1-12(2)16(17(22)19-11-13(3)18-4)20-15(21)10-14-8-6-5-7-9-14/h5-9,12-13,16,18H,10-11H2,1-4H3,(H,19,22)(H,20,21). The topological polar surface area (TPSA) is 70.2 Å². The second kappa shape index (κ2) is 9.20. The molecule has 1 rings (SSSR count). The first kappa shape index (κ1) is 18.2. The van der Waals surface area contributed by atoms with E-state index in [1.165, 1.54) is 0 Å². The van der Waals surface area contributed by atoms with Crippen LogP contribution in [0.15, 0.2) is 30.3 Å². The minimum Gasteiger partial charge on any atom is -0.353 e. The lowest BCUT2D eigenvalue weighted by molar-refractivity contribution is -0.129. The van der Waals surface area contributed by atoms with Crippen molar-refractivity contribution in [2.75, 3.05) is 13.6 Å². The fraction of sp³-hybridized carbons (Fsp3) is 0.529. The Morgan fingerprint density at radius 3 is 2.27 bits per heavy atom. The van der Waals surface area contributed by atoms with E-state index in [2.05, 4.69) is 16.0 Å². The smallest absolute Gasteiger partial charge is 0.242 e. The number of carbonyl (C=O) groups is 2. The van der Waals surface area contributed by atoms with Crippen molar-refractivity contribution in [3.05, 3.63) is 35.9 Å². The summed E-state index contributed by atoms with van der Waals surface area (Å²) in [5, 5.41) is 8.76. The Kier molecular flexibility index (Phi) is 7.60. The number of carbonyl (C=O) groups excluding carboxylic acids is 2. The van der Waals surface area contributed by atoms with Crippen LogP contribution in [-0.2, 0) is 16.0 Å². The predicted molar refractivity (Wildman–Crippen MR) is 88.4 cm³/mol. The lowest BCUT2D eigenvalue weighted by Crippen LogP contribution is -2.51. The van der Waals surface area contributed by atoms with Crippen molar-refractivity contribution in [3.8, 4) is 0 Å². The molecule has 22 heavy (non-hydrogen) atoms. The summed E-state index contributed by atoms with van der Waals surface area (Å²) < 4.78 is 0. The second-order valence-corrected chi connectivity index (χ2v) is 5.89. The van der Waals surface area contributed by atoms with Gasteiger partial charge in [-0.3, -0.25) is 9.59 Å². The normalized spacial score (nSPS) is 13.5. The van der Waals surface area contributed by atoms with E-state index in [0.29, 0.717) is 6.54 Å². The highest BCUT2D eigenvalue weighted by Crippen LogP contribution is 2.04. The van der Waals surface area contributed by atoms with Gasteiger partial charge in [-0.1, -0.05) is 44.2 Å². The Hall–Kier alpha value is -1.88. The Morgan fingerprint density at radius 1 is 1.09 bits per heavy atom. The van der Waals surface area contributed by atoms with Crippen molar-refractivity contribution in [1.82, 2.24) is 16.0 Å². The van der Waals surface area contributed by atoms with E-state index in [1.54, 1.807) is 0 Å². The third-order valence-electron chi connectivity index (χ3n) is 3.55. The first-order valence-corrected chi connectivity index (χ1v) is 7.72. The number of nitrogens with one attached hydrogen (secondary N) is 3. The summed E-state index contributed by atoms with van der Waals surface area (Å²) in [6.45, 7) is 6.37. The molecule has 1 aromatic rings. The second-order valence-electron chi connectivity index (χ2n) is 5.89. The number of hydrogen-bond donors (Lipinski definition) is 3. The highest BCUT2D eigenvalue weighted by molar-refractivity contribution is 5.88. The Morgan fingerprint density at radius 2 is 1.73 bits per heavy atom. The lowest BCUT2D eigenvalue weighted by Gasteiger charge is -2.22. The van der Waals surface area contributed by atoms with E-state index >= 15 is 0 Å². The summed E-state index contributed by atoms with van der Waals surface area (Å²) in [7, 11) is 1.85. The van der Waals surface area contributed by atoms with E-state index in [4.69, 9.17) is 0 Å². The van der Waals surface area contributed by atoms with Crippen molar-refractivity contribution in [2.24, 2.45) is 5.92 Å². The molecule has 0 spiro atoms. The molecule has 0 aliphatic rings. The lowest BCUT2D eigenvalue weighted by atomic mass is 10.0. The molecule has 0 bridgehead atoms. The van der Waals surface area contributed by atoms with Gasteiger partial charge < -0.3 is 16.0 Å². The van der Waals surface area contributed by atoms with Crippen LogP contribution in [0.2, 0.25) is 0 Å². The van der Waals surface area contributed by atoms with Gasteiger partial charge in [0.1, 0.15) is 6.04 Å². The van der Waals surface area contributed by atoms with E-state index in [0.717, 1.165) is 5.56 Å². The summed E-state index contributed by atoms with van der Waals surface area (Å²) in [6, 6.07) is 9.19. The molecule has 0 fully saturated rings. The molecule has 5 heteroatoms. The fourth-order valence-corrected chi connectivity index (χ4v) is 2.01. The Labute approximate surface area is 132 Å². The Balaban J connectivity index is 2.56. The highest BCUT2D eigenvalue weighted by atomic mass is 16.2. The van der Waals surface area contributed by atoms with Crippen LogP contribution in [0.25, 0.3) is 0 Å². The van der Waals surface area contributed by atoms with E-state index in [9.17, 15) is 9.59 Å². The van der Waals surface area contributed by atoms with Crippen molar-refractivity contribution >= 4 is 11.8 Å². The summed E-state index contributed by atoms with van der Waals surface area (Å²) in [5.41, 5.74) is 0.937. The Bertz CT molecular complexity index is 474. The molecule has 0 aliphatic carbocycles. The molecular weight excluding hydrogens is 278 g/mol. The van der Waals surface area contributed by atoms with Crippen LogP contribution in [-0.4, -0.2) is 37.5 Å². The van der Waals surface area contributed by atoms with Gasteiger partial charge in [-0.25, -0.2) is 0 Å². The SMILES string of the molecule is CNC(C)CNC(=O)C(NC(=O)Cc1ccccc1)C(C)C. The number of benzene rings is 1. The van der Waals surface area contributed by atoms with Gasteiger partial charge in [0.25, 0.3) is 0 Å². The third-order valence-corrected chi connectivity index (χ3v) is 3.55. The minimum absolute atomic E-state index is 0.0321. The van der Waals surface area contributed by atoms with E-state index in [-0.39, 0.29) is 30.2 Å². The molecule has 5 nitrogen and oxygen atoms in total. The zero-order valence-corrected chi connectivity index (χ0v) is 13.8. The third kappa shape index (κ3) is 6.26. The van der Waals surface area contributed by atoms with Gasteiger partial charge in [0.05, 0.1) is 6.42 Å².